The van der Waals surface area contributed by atoms with Crippen molar-refractivity contribution >= 4 is 16.8 Å². The van der Waals surface area contributed by atoms with Gasteiger partial charge in [0.1, 0.15) is 5.69 Å². The number of fused-ring (bicyclic) bond motifs is 1. The first-order valence-corrected chi connectivity index (χ1v) is 6.06. The molecule has 3 heteroatoms. The molecular formula is C15H16N2O. The van der Waals surface area contributed by atoms with Gasteiger partial charge in [0.15, 0.2) is 0 Å². The molecule has 0 atom stereocenters. The largest absolute Gasteiger partial charge is 0.351 e. The van der Waals surface area contributed by atoms with Gasteiger partial charge in [0.2, 0.25) is 0 Å². The van der Waals surface area contributed by atoms with E-state index in [1.165, 1.54) is 0 Å². The summed E-state index contributed by atoms with van der Waals surface area (Å²) in [4.78, 5) is 17.1. The van der Waals surface area contributed by atoms with Crippen molar-refractivity contribution in [2.45, 2.75) is 13.3 Å². The van der Waals surface area contributed by atoms with Crippen LogP contribution in [0, 0.1) is 12.3 Å². The number of nitrogens with zero attached hydrogens (tertiary/aromatic N) is 1. The van der Waals surface area contributed by atoms with E-state index in [0.29, 0.717) is 18.8 Å². The van der Waals surface area contributed by atoms with Gasteiger partial charge in [-0.2, -0.15) is 0 Å². The van der Waals surface area contributed by atoms with E-state index in [2.05, 4.69) is 10.9 Å². The fourth-order valence-corrected chi connectivity index (χ4v) is 1.99. The van der Waals surface area contributed by atoms with Crippen molar-refractivity contribution in [2.24, 2.45) is 0 Å². The Labute approximate surface area is 107 Å². The Morgan fingerprint density at radius 1 is 1.44 bits per heavy atom. The number of aromatic nitrogens is 1. The van der Waals surface area contributed by atoms with Gasteiger partial charge in [0.25, 0.3) is 5.91 Å². The van der Waals surface area contributed by atoms with Crippen LogP contribution < -0.4 is 0 Å². The maximum absolute atomic E-state index is 12.3. The van der Waals surface area contributed by atoms with Crippen molar-refractivity contribution < 1.29 is 4.79 Å². The van der Waals surface area contributed by atoms with E-state index in [1.807, 2.05) is 37.3 Å². The number of amides is 1. The number of para-hydroxylation sites is 1. The molecule has 2 rings (SSSR count). The smallest absolute Gasteiger partial charge is 0.271 e. The van der Waals surface area contributed by atoms with Crippen LogP contribution in [0.1, 0.15) is 23.8 Å². The van der Waals surface area contributed by atoms with Crippen LogP contribution >= 0.6 is 0 Å². The Balaban J connectivity index is 2.29. The van der Waals surface area contributed by atoms with E-state index in [4.69, 9.17) is 6.42 Å². The van der Waals surface area contributed by atoms with E-state index >= 15 is 0 Å². The molecule has 1 aromatic carbocycles. The number of benzene rings is 1. The van der Waals surface area contributed by atoms with E-state index < -0.39 is 0 Å². The highest BCUT2D eigenvalue weighted by Crippen LogP contribution is 2.16. The lowest BCUT2D eigenvalue weighted by Crippen LogP contribution is -2.32. The maximum atomic E-state index is 12.3. The number of aromatic amines is 1. The monoisotopic (exact) mass is 240 g/mol. The average Bonchev–Trinajstić information content (AvgIpc) is 2.81. The minimum atomic E-state index is -0.0361. The molecule has 18 heavy (non-hydrogen) atoms. The fourth-order valence-electron chi connectivity index (χ4n) is 1.99. The Kier molecular flexibility index (Phi) is 3.69. The molecule has 0 saturated heterocycles. The minimum Gasteiger partial charge on any atom is -0.351 e. The molecule has 0 saturated carbocycles. The molecule has 3 nitrogen and oxygen atoms in total. The molecular weight excluding hydrogens is 224 g/mol. The van der Waals surface area contributed by atoms with Gasteiger partial charge in [-0.05, 0) is 18.6 Å². The summed E-state index contributed by atoms with van der Waals surface area (Å²) < 4.78 is 0. The third-order valence-electron chi connectivity index (χ3n) is 2.82. The van der Waals surface area contributed by atoms with Gasteiger partial charge >= 0.3 is 0 Å². The lowest BCUT2D eigenvalue weighted by atomic mass is 10.2. The van der Waals surface area contributed by atoms with Crippen LogP contribution in [0.4, 0.5) is 0 Å². The highest BCUT2D eigenvalue weighted by atomic mass is 16.2. The second-order valence-corrected chi connectivity index (χ2v) is 4.20. The number of rotatable bonds is 4. The number of carbonyl (C=O) groups is 1. The summed E-state index contributed by atoms with van der Waals surface area (Å²) in [5.74, 6) is 2.49. The van der Waals surface area contributed by atoms with Gasteiger partial charge in [-0.15, -0.1) is 6.42 Å². The van der Waals surface area contributed by atoms with Gasteiger partial charge in [0, 0.05) is 17.4 Å². The molecule has 1 aromatic heterocycles. The van der Waals surface area contributed by atoms with Gasteiger partial charge in [0.05, 0.1) is 6.54 Å². The van der Waals surface area contributed by atoms with Crippen LogP contribution in [0.3, 0.4) is 0 Å². The summed E-state index contributed by atoms with van der Waals surface area (Å²) in [5.41, 5.74) is 1.57. The number of carbonyl (C=O) groups excluding carboxylic acids is 1. The van der Waals surface area contributed by atoms with Crippen LogP contribution in [0.5, 0.6) is 0 Å². The Bertz CT molecular complexity index is 559. The molecule has 1 heterocycles. The predicted octanol–water partition coefficient (Wildman–Crippen LogP) is 2.65. The van der Waals surface area contributed by atoms with Crippen molar-refractivity contribution in [2.75, 3.05) is 13.1 Å². The molecule has 0 bridgehead atoms. The molecule has 0 aliphatic carbocycles. The van der Waals surface area contributed by atoms with Crippen LogP contribution in [0.2, 0.25) is 0 Å². The highest BCUT2D eigenvalue weighted by molar-refractivity contribution is 5.98. The lowest BCUT2D eigenvalue weighted by Gasteiger charge is -2.18. The maximum Gasteiger partial charge on any atom is 0.271 e. The summed E-state index contributed by atoms with van der Waals surface area (Å²) in [5, 5.41) is 1.04. The molecule has 92 valence electrons. The number of H-pyrrole nitrogens is 1. The van der Waals surface area contributed by atoms with Gasteiger partial charge < -0.3 is 9.88 Å². The first-order chi connectivity index (χ1) is 8.76. The topological polar surface area (TPSA) is 36.1 Å². The summed E-state index contributed by atoms with van der Waals surface area (Å²) in [6, 6.07) is 9.70. The second kappa shape index (κ2) is 5.42. The first kappa shape index (κ1) is 12.3. The van der Waals surface area contributed by atoms with E-state index in [-0.39, 0.29) is 5.91 Å². The predicted molar refractivity (Wildman–Crippen MR) is 73.3 cm³/mol. The third-order valence-corrected chi connectivity index (χ3v) is 2.82. The quantitative estimate of drug-likeness (QED) is 0.819. The molecule has 0 fully saturated rings. The first-order valence-electron chi connectivity index (χ1n) is 6.06. The van der Waals surface area contributed by atoms with Gasteiger partial charge in [-0.3, -0.25) is 4.79 Å². The molecule has 1 N–H and O–H groups in total. The molecule has 0 aliphatic heterocycles. The van der Waals surface area contributed by atoms with E-state index in [9.17, 15) is 4.79 Å². The molecule has 2 aromatic rings. The Morgan fingerprint density at radius 3 is 2.89 bits per heavy atom. The van der Waals surface area contributed by atoms with E-state index in [0.717, 1.165) is 17.3 Å². The van der Waals surface area contributed by atoms with E-state index in [1.54, 1.807) is 4.90 Å². The minimum absolute atomic E-state index is 0.0361. The summed E-state index contributed by atoms with van der Waals surface area (Å²) in [6.45, 7) is 3.06. The number of terminal acetylenes is 1. The lowest BCUT2D eigenvalue weighted by molar-refractivity contribution is 0.0772. The fraction of sp³-hybridized carbons (Fsp3) is 0.267. The van der Waals surface area contributed by atoms with Crippen molar-refractivity contribution in [1.29, 1.82) is 0 Å². The zero-order chi connectivity index (χ0) is 13.0. The Morgan fingerprint density at radius 2 is 2.22 bits per heavy atom. The average molecular weight is 240 g/mol. The van der Waals surface area contributed by atoms with Crippen molar-refractivity contribution in [3.8, 4) is 12.3 Å². The van der Waals surface area contributed by atoms with Crippen LogP contribution in [-0.2, 0) is 0 Å². The Hall–Kier alpha value is -2.21. The number of hydrogen-bond donors (Lipinski definition) is 1. The highest BCUT2D eigenvalue weighted by Gasteiger charge is 2.15. The van der Waals surface area contributed by atoms with Crippen molar-refractivity contribution in [3.63, 3.8) is 0 Å². The van der Waals surface area contributed by atoms with Crippen molar-refractivity contribution in [1.82, 2.24) is 9.88 Å². The SMILES string of the molecule is C#CCN(CCC)C(=O)c1cc2ccccc2[nH]1. The summed E-state index contributed by atoms with van der Waals surface area (Å²) in [6.07, 6.45) is 6.19. The molecule has 0 aliphatic rings. The van der Waals surface area contributed by atoms with Gasteiger partial charge in [-0.1, -0.05) is 31.0 Å². The van der Waals surface area contributed by atoms with Crippen LogP contribution in [0.15, 0.2) is 30.3 Å². The molecule has 0 spiro atoms. The molecule has 0 radical (unpaired) electrons. The third kappa shape index (κ3) is 2.38. The molecule has 1 amide bonds. The number of nitrogens with one attached hydrogen (secondary N) is 1. The second-order valence-electron chi connectivity index (χ2n) is 4.20. The summed E-state index contributed by atoms with van der Waals surface area (Å²) in [7, 11) is 0. The van der Waals surface area contributed by atoms with Crippen LogP contribution in [-0.4, -0.2) is 28.9 Å². The van der Waals surface area contributed by atoms with Gasteiger partial charge in [-0.25, -0.2) is 0 Å². The zero-order valence-electron chi connectivity index (χ0n) is 10.4. The number of hydrogen-bond acceptors (Lipinski definition) is 1. The summed E-state index contributed by atoms with van der Waals surface area (Å²) >= 11 is 0. The zero-order valence-corrected chi connectivity index (χ0v) is 10.4. The molecule has 0 unspecified atom stereocenters. The van der Waals surface area contributed by atoms with Crippen LogP contribution in [0.25, 0.3) is 10.9 Å². The standard InChI is InChI=1S/C15H16N2O/c1-3-9-17(10-4-2)15(18)14-11-12-7-5-6-8-13(12)16-14/h1,5-8,11,16H,4,9-10H2,2H3. The van der Waals surface area contributed by atoms with Crippen molar-refractivity contribution in [3.05, 3.63) is 36.0 Å². The normalized spacial score (nSPS) is 10.2.